The fourth-order valence-corrected chi connectivity index (χ4v) is 3.13. The van der Waals surface area contributed by atoms with E-state index in [1.807, 2.05) is 6.07 Å². The summed E-state index contributed by atoms with van der Waals surface area (Å²) in [6.07, 6.45) is 5.00. The van der Waals surface area contributed by atoms with Crippen molar-refractivity contribution in [2.45, 2.75) is 25.2 Å². The molecule has 1 atom stereocenters. The first-order valence-electron chi connectivity index (χ1n) is 8.13. The number of ether oxygens (including phenoxy) is 3. The van der Waals surface area contributed by atoms with Gasteiger partial charge in [-0.05, 0) is 18.1 Å². The Hall–Kier alpha value is -2.67. The Morgan fingerprint density at radius 3 is 2.96 bits per heavy atom. The van der Waals surface area contributed by atoms with Crippen molar-refractivity contribution in [2.24, 2.45) is 5.73 Å². The minimum atomic E-state index is -0.625. The number of rotatable bonds is 5. The molecule has 0 fully saturated rings. The van der Waals surface area contributed by atoms with Crippen LogP contribution < -0.4 is 5.73 Å². The molecular formula is C18H20N2O5. The van der Waals surface area contributed by atoms with Gasteiger partial charge in [-0.25, -0.2) is 4.79 Å². The van der Waals surface area contributed by atoms with Crippen molar-refractivity contribution in [1.29, 1.82) is 0 Å². The van der Waals surface area contributed by atoms with Crippen LogP contribution in [0, 0.1) is 0 Å². The van der Waals surface area contributed by atoms with Gasteiger partial charge in [0, 0.05) is 37.9 Å². The number of hydrogen-bond donors (Lipinski definition) is 1. The summed E-state index contributed by atoms with van der Waals surface area (Å²) in [5.41, 5.74) is 7.34. The van der Waals surface area contributed by atoms with Crippen molar-refractivity contribution >= 4 is 11.8 Å². The summed E-state index contributed by atoms with van der Waals surface area (Å²) in [6, 6.07) is 3.56. The molecule has 0 unspecified atom stereocenters. The monoisotopic (exact) mass is 344 g/mol. The van der Waals surface area contributed by atoms with E-state index in [0.29, 0.717) is 36.2 Å². The van der Waals surface area contributed by atoms with E-state index in [1.54, 1.807) is 18.5 Å². The first-order valence-corrected chi connectivity index (χ1v) is 8.13. The first kappa shape index (κ1) is 17.2. The van der Waals surface area contributed by atoms with Crippen LogP contribution in [0.5, 0.6) is 0 Å². The summed E-state index contributed by atoms with van der Waals surface area (Å²) in [5, 5.41) is 0. The molecule has 25 heavy (non-hydrogen) atoms. The van der Waals surface area contributed by atoms with Crippen LogP contribution in [0.25, 0.3) is 0 Å². The van der Waals surface area contributed by atoms with Crippen LogP contribution >= 0.6 is 0 Å². The third-order valence-corrected chi connectivity index (χ3v) is 4.24. The van der Waals surface area contributed by atoms with Crippen LogP contribution in [0.3, 0.4) is 0 Å². The van der Waals surface area contributed by atoms with Crippen molar-refractivity contribution in [3.8, 4) is 0 Å². The molecule has 1 aromatic heterocycles. The largest absolute Gasteiger partial charge is 0.460 e. The van der Waals surface area contributed by atoms with Gasteiger partial charge in [0.15, 0.2) is 5.78 Å². The van der Waals surface area contributed by atoms with Crippen molar-refractivity contribution in [1.82, 2.24) is 4.98 Å². The van der Waals surface area contributed by atoms with Crippen molar-refractivity contribution < 1.29 is 23.8 Å². The van der Waals surface area contributed by atoms with Crippen LogP contribution in [0.1, 0.15) is 30.7 Å². The number of carbonyl (C=O) groups is 2. The van der Waals surface area contributed by atoms with Crippen LogP contribution in [0.4, 0.5) is 0 Å². The van der Waals surface area contributed by atoms with Gasteiger partial charge in [0.25, 0.3) is 0 Å². The molecule has 2 N–H and O–H groups in total. The number of aromatic nitrogens is 1. The zero-order valence-electron chi connectivity index (χ0n) is 14.0. The molecular weight excluding hydrogens is 324 g/mol. The molecule has 2 aliphatic rings. The highest BCUT2D eigenvalue weighted by atomic mass is 16.6. The number of nitrogens with two attached hydrogens (primary N) is 1. The lowest BCUT2D eigenvalue weighted by Gasteiger charge is -2.32. The first-order chi connectivity index (χ1) is 12.1. The fourth-order valence-electron chi connectivity index (χ4n) is 3.13. The SMILES string of the molecule is COCCOC(=O)C1=C(N)OC2=C(C(=O)CCC2)[C@@H]1c1cccnc1. The van der Waals surface area contributed by atoms with Crippen molar-refractivity contribution in [2.75, 3.05) is 20.3 Å². The van der Waals surface area contributed by atoms with Crippen molar-refractivity contribution in [3.05, 3.63) is 52.9 Å². The van der Waals surface area contributed by atoms with E-state index < -0.39 is 11.9 Å². The van der Waals surface area contributed by atoms with E-state index in [0.717, 1.165) is 0 Å². The molecule has 0 aromatic carbocycles. The second-order valence-corrected chi connectivity index (χ2v) is 5.84. The summed E-state index contributed by atoms with van der Waals surface area (Å²) < 4.78 is 15.7. The Labute approximate surface area is 145 Å². The predicted octanol–water partition coefficient (Wildman–Crippen LogP) is 1.56. The zero-order chi connectivity index (χ0) is 17.8. The summed E-state index contributed by atoms with van der Waals surface area (Å²) in [7, 11) is 1.52. The average molecular weight is 344 g/mol. The number of carbonyl (C=O) groups excluding carboxylic acids is 2. The van der Waals surface area contributed by atoms with E-state index in [1.165, 1.54) is 7.11 Å². The second kappa shape index (κ2) is 7.48. The molecule has 3 rings (SSSR count). The van der Waals surface area contributed by atoms with E-state index in [-0.39, 0.29) is 30.5 Å². The second-order valence-electron chi connectivity index (χ2n) is 5.84. The molecule has 7 nitrogen and oxygen atoms in total. The van der Waals surface area contributed by atoms with E-state index in [4.69, 9.17) is 19.9 Å². The molecule has 0 radical (unpaired) electrons. The van der Waals surface area contributed by atoms with Crippen LogP contribution in [-0.4, -0.2) is 37.1 Å². The number of Topliss-reactive ketones (excluding diaryl/α,β-unsaturated/α-hetero) is 1. The number of hydrogen-bond acceptors (Lipinski definition) is 7. The number of pyridine rings is 1. The van der Waals surface area contributed by atoms with Gasteiger partial charge in [0.05, 0.1) is 12.5 Å². The van der Waals surface area contributed by atoms with Gasteiger partial charge in [-0.1, -0.05) is 6.07 Å². The van der Waals surface area contributed by atoms with Gasteiger partial charge < -0.3 is 19.9 Å². The van der Waals surface area contributed by atoms with Gasteiger partial charge in [-0.2, -0.15) is 0 Å². The molecule has 0 saturated carbocycles. The van der Waals surface area contributed by atoms with Gasteiger partial charge in [-0.15, -0.1) is 0 Å². The van der Waals surface area contributed by atoms with Gasteiger partial charge >= 0.3 is 5.97 Å². The predicted molar refractivity (Wildman–Crippen MR) is 88.0 cm³/mol. The number of esters is 1. The highest BCUT2D eigenvalue weighted by Gasteiger charge is 2.41. The number of methoxy groups -OCH3 is 1. The molecule has 1 aliphatic heterocycles. The zero-order valence-corrected chi connectivity index (χ0v) is 14.0. The number of allylic oxidation sites excluding steroid dienone is 2. The normalized spacial score (nSPS) is 20.2. The molecule has 0 saturated heterocycles. The van der Waals surface area contributed by atoms with Crippen LogP contribution in [0.2, 0.25) is 0 Å². The molecule has 0 bridgehead atoms. The quantitative estimate of drug-likeness (QED) is 0.639. The number of ketones is 1. The Morgan fingerprint density at radius 1 is 1.40 bits per heavy atom. The fraction of sp³-hybridized carbons (Fsp3) is 0.389. The van der Waals surface area contributed by atoms with Crippen LogP contribution in [-0.2, 0) is 23.8 Å². The van der Waals surface area contributed by atoms with E-state index >= 15 is 0 Å². The Kier molecular flexibility index (Phi) is 5.14. The third kappa shape index (κ3) is 3.41. The summed E-state index contributed by atoms with van der Waals surface area (Å²) in [4.78, 5) is 29.3. The standard InChI is InChI=1S/C18H20N2O5/c1-23-8-9-24-18(22)16-14(11-4-3-7-20-10-11)15-12(21)5-2-6-13(15)25-17(16)19/h3-4,7,10,14H,2,5-6,8-9,19H2,1H3/t14-/m0/s1. The topological polar surface area (TPSA) is 101 Å². The minimum Gasteiger partial charge on any atom is -0.460 e. The third-order valence-electron chi connectivity index (χ3n) is 4.24. The lowest BCUT2D eigenvalue weighted by molar-refractivity contribution is -0.140. The molecule has 1 aliphatic carbocycles. The Balaban J connectivity index is 2.02. The summed E-state index contributed by atoms with van der Waals surface area (Å²) >= 11 is 0. The molecule has 2 heterocycles. The Morgan fingerprint density at radius 2 is 2.24 bits per heavy atom. The molecule has 0 amide bonds. The van der Waals surface area contributed by atoms with Crippen molar-refractivity contribution in [3.63, 3.8) is 0 Å². The molecule has 132 valence electrons. The minimum absolute atomic E-state index is 0.0234. The van der Waals surface area contributed by atoms with Gasteiger partial charge in [0.1, 0.15) is 17.9 Å². The lowest BCUT2D eigenvalue weighted by Crippen LogP contribution is -2.31. The smallest absolute Gasteiger partial charge is 0.340 e. The summed E-state index contributed by atoms with van der Waals surface area (Å²) in [6.45, 7) is 0.357. The maximum absolute atomic E-state index is 12.6. The van der Waals surface area contributed by atoms with Gasteiger partial charge in [0.2, 0.25) is 5.88 Å². The molecule has 1 aromatic rings. The average Bonchev–Trinajstić information content (AvgIpc) is 2.61. The number of nitrogens with zero attached hydrogens (tertiary/aromatic N) is 1. The highest BCUT2D eigenvalue weighted by molar-refractivity contribution is 6.03. The lowest BCUT2D eigenvalue weighted by atomic mass is 9.77. The van der Waals surface area contributed by atoms with E-state index in [9.17, 15) is 9.59 Å². The molecule has 0 spiro atoms. The maximum Gasteiger partial charge on any atom is 0.340 e. The Bertz CT molecular complexity index is 739. The van der Waals surface area contributed by atoms with Gasteiger partial charge in [-0.3, -0.25) is 9.78 Å². The molecule has 7 heteroatoms. The maximum atomic E-state index is 12.6. The highest BCUT2D eigenvalue weighted by Crippen LogP contribution is 2.43. The summed E-state index contributed by atoms with van der Waals surface area (Å²) in [5.74, 6) is -0.765. The van der Waals surface area contributed by atoms with E-state index in [2.05, 4.69) is 4.98 Å². The van der Waals surface area contributed by atoms with Crippen LogP contribution in [0.15, 0.2) is 47.3 Å².